The number of carbonyl (C=O) groups excluding carboxylic acids is 3. The SMILES string of the molecule is COc1cc(C)c(Sc2cnc(NC(=O)c3ccc(N4CCN(C5CCC(C)C(C(C)C6CC6)C5)CC4)cc3)s2)cc1C(=O)N1CCN(C(C)=O)CC1. The molecule has 12 heteroatoms. The van der Waals surface area contributed by atoms with E-state index in [9.17, 15) is 14.4 Å². The molecule has 3 heterocycles. The third kappa shape index (κ3) is 8.70. The molecule has 1 aromatic heterocycles. The lowest BCUT2D eigenvalue weighted by Gasteiger charge is -2.46. The van der Waals surface area contributed by atoms with Crippen molar-refractivity contribution in [2.75, 3.05) is 69.7 Å². The van der Waals surface area contributed by atoms with E-state index >= 15 is 0 Å². The van der Waals surface area contributed by atoms with Crippen molar-refractivity contribution in [2.45, 2.75) is 74.9 Å². The van der Waals surface area contributed by atoms with E-state index in [0.29, 0.717) is 48.2 Å². The largest absolute Gasteiger partial charge is 0.496 e. The van der Waals surface area contributed by atoms with E-state index in [0.717, 1.165) is 76.2 Å². The Balaban J connectivity index is 0.917. The fraction of sp³-hybridized carbons (Fsp3) is 0.561. The Bertz CT molecular complexity index is 1780. The van der Waals surface area contributed by atoms with Crippen LogP contribution in [0.2, 0.25) is 0 Å². The predicted molar refractivity (Wildman–Crippen MR) is 212 cm³/mol. The maximum atomic E-state index is 13.5. The Labute approximate surface area is 322 Å². The van der Waals surface area contributed by atoms with Gasteiger partial charge in [0.05, 0.1) is 23.1 Å². The smallest absolute Gasteiger partial charge is 0.257 e. The minimum absolute atomic E-state index is 0.0246. The minimum atomic E-state index is -0.188. The van der Waals surface area contributed by atoms with Crippen molar-refractivity contribution < 1.29 is 19.1 Å². The molecule has 2 saturated heterocycles. The van der Waals surface area contributed by atoms with Crippen LogP contribution in [0, 0.1) is 30.6 Å². The zero-order chi connectivity index (χ0) is 37.2. The first kappa shape index (κ1) is 37.7. The number of ether oxygens (including phenoxy) is 1. The van der Waals surface area contributed by atoms with Crippen LogP contribution in [-0.4, -0.2) is 103 Å². The molecule has 3 aromatic rings. The molecule has 1 N–H and O–H groups in total. The second-order valence-corrected chi connectivity index (χ2v) is 17.9. The van der Waals surface area contributed by atoms with Gasteiger partial charge in [0.25, 0.3) is 11.8 Å². The molecule has 53 heavy (non-hydrogen) atoms. The second-order valence-electron chi connectivity index (χ2n) is 15.5. The third-order valence-electron chi connectivity index (χ3n) is 12.3. The second kappa shape index (κ2) is 16.4. The number of anilines is 2. The topological polar surface area (TPSA) is 98.3 Å². The van der Waals surface area contributed by atoms with E-state index in [4.69, 9.17) is 4.74 Å². The zero-order valence-corrected chi connectivity index (χ0v) is 33.4. The van der Waals surface area contributed by atoms with Gasteiger partial charge in [-0.1, -0.05) is 36.9 Å². The van der Waals surface area contributed by atoms with E-state index in [2.05, 4.69) is 46.1 Å². The number of aryl methyl sites for hydroxylation is 1. The molecule has 3 amide bonds. The number of aromatic nitrogens is 1. The predicted octanol–water partition coefficient (Wildman–Crippen LogP) is 7.14. The zero-order valence-electron chi connectivity index (χ0n) is 31.8. The Morgan fingerprint density at radius 3 is 2.30 bits per heavy atom. The molecular weight excluding hydrogens is 705 g/mol. The first-order valence-electron chi connectivity index (χ1n) is 19.4. The number of amides is 3. The molecule has 0 radical (unpaired) electrons. The van der Waals surface area contributed by atoms with Crippen LogP contribution in [0.4, 0.5) is 10.8 Å². The van der Waals surface area contributed by atoms with Crippen LogP contribution >= 0.6 is 23.1 Å². The number of thiazole rings is 1. The molecule has 10 nitrogen and oxygen atoms in total. The average Bonchev–Trinajstić information content (AvgIpc) is 3.94. The molecule has 2 aliphatic carbocycles. The number of hydrogen-bond acceptors (Lipinski definition) is 9. The van der Waals surface area contributed by atoms with Gasteiger partial charge in [-0.15, -0.1) is 0 Å². The van der Waals surface area contributed by atoms with Crippen molar-refractivity contribution in [1.29, 1.82) is 0 Å². The maximum Gasteiger partial charge on any atom is 0.257 e. The molecule has 284 valence electrons. The number of nitrogens with zero attached hydrogens (tertiary/aromatic N) is 5. The van der Waals surface area contributed by atoms with Crippen LogP contribution in [0.3, 0.4) is 0 Å². The first-order valence-corrected chi connectivity index (χ1v) is 21.0. The fourth-order valence-corrected chi connectivity index (χ4v) is 10.6. The average molecular weight is 759 g/mol. The summed E-state index contributed by atoms with van der Waals surface area (Å²) in [7, 11) is 1.57. The van der Waals surface area contributed by atoms with Gasteiger partial charge in [0, 0.05) is 81.5 Å². The molecule has 2 aromatic carbocycles. The Morgan fingerprint density at radius 2 is 1.64 bits per heavy atom. The van der Waals surface area contributed by atoms with Gasteiger partial charge in [-0.3, -0.25) is 24.6 Å². The summed E-state index contributed by atoms with van der Waals surface area (Å²) in [6.45, 7) is 14.8. The highest BCUT2D eigenvalue weighted by Gasteiger charge is 2.40. The summed E-state index contributed by atoms with van der Waals surface area (Å²) in [5.74, 6) is 3.85. The van der Waals surface area contributed by atoms with Crippen molar-refractivity contribution in [2.24, 2.45) is 23.7 Å². The van der Waals surface area contributed by atoms with Crippen LogP contribution in [0.1, 0.15) is 79.2 Å². The first-order chi connectivity index (χ1) is 25.6. The number of piperazine rings is 2. The summed E-state index contributed by atoms with van der Waals surface area (Å²) < 4.78 is 6.49. The monoisotopic (exact) mass is 758 g/mol. The lowest BCUT2D eigenvalue weighted by atomic mass is 9.70. The van der Waals surface area contributed by atoms with E-state index in [-0.39, 0.29) is 17.7 Å². The van der Waals surface area contributed by atoms with E-state index in [1.54, 1.807) is 30.0 Å². The van der Waals surface area contributed by atoms with Crippen LogP contribution in [0.5, 0.6) is 5.75 Å². The Kier molecular flexibility index (Phi) is 11.7. The summed E-state index contributed by atoms with van der Waals surface area (Å²) >= 11 is 2.91. The lowest BCUT2D eigenvalue weighted by molar-refractivity contribution is -0.130. The van der Waals surface area contributed by atoms with Crippen molar-refractivity contribution in [1.82, 2.24) is 19.7 Å². The summed E-state index contributed by atoms with van der Waals surface area (Å²) in [6, 6.07) is 12.4. The third-order valence-corrected chi connectivity index (χ3v) is 14.4. The summed E-state index contributed by atoms with van der Waals surface area (Å²) in [5.41, 5.74) is 3.23. The maximum absolute atomic E-state index is 13.5. The molecule has 2 aliphatic heterocycles. The van der Waals surface area contributed by atoms with Gasteiger partial charge in [0.2, 0.25) is 5.91 Å². The highest BCUT2D eigenvalue weighted by atomic mass is 32.2. The summed E-state index contributed by atoms with van der Waals surface area (Å²) in [6.07, 6.45) is 8.72. The van der Waals surface area contributed by atoms with Gasteiger partial charge in [-0.25, -0.2) is 4.98 Å². The van der Waals surface area contributed by atoms with Gasteiger partial charge in [0.15, 0.2) is 5.13 Å². The van der Waals surface area contributed by atoms with Crippen molar-refractivity contribution in [3.63, 3.8) is 0 Å². The van der Waals surface area contributed by atoms with Gasteiger partial charge in [-0.2, -0.15) is 0 Å². The van der Waals surface area contributed by atoms with Gasteiger partial charge in [0.1, 0.15) is 5.75 Å². The van der Waals surface area contributed by atoms with Crippen molar-refractivity contribution in [3.05, 3.63) is 59.3 Å². The lowest BCUT2D eigenvalue weighted by Crippen LogP contribution is -2.52. The Morgan fingerprint density at radius 1 is 0.943 bits per heavy atom. The van der Waals surface area contributed by atoms with Crippen molar-refractivity contribution in [3.8, 4) is 5.75 Å². The molecule has 4 atom stereocenters. The standard InChI is InChI=1S/C41H54N6O4S2/c1-26-6-11-33(23-34(26)28(3)30-7-8-30)46-18-16-45(17-19-46)32-12-9-31(10-13-32)39(49)43-41-42-25-38(53-41)52-37-24-35(36(51-5)22-27(37)2)40(50)47-20-14-44(15-21-47)29(4)48/h9-10,12-13,22,24-26,28,30,33-34H,6-8,11,14-21,23H2,1-5H3,(H,42,43,49). The molecule has 0 bridgehead atoms. The molecular formula is C41H54N6O4S2. The number of benzene rings is 2. The molecule has 4 unspecified atom stereocenters. The van der Waals surface area contributed by atoms with E-state index in [1.807, 2.05) is 31.2 Å². The molecule has 7 rings (SSSR count). The van der Waals surface area contributed by atoms with Crippen LogP contribution in [0.25, 0.3) is 0 Å². The fourth-order valence-electron chi connectivity index (χ4n) is 8.68. The Hall–Kier alpha value is -3.61. The van der Waals surface area contributed by atoms with Gasteiger partial charge >= 0.3 is 0 Å². The normalized spacial score (nSPS) is 23.1. The van der Waals surface area contributed by atoms with Gasteiger partial charge < -0.3 is 19.4 Å². The molecule has 4 fully saturated rings. The number of rotatable bonds is 10. The van der Waals surface area contributed by atoms with E-state index < -0.39 is 0 Å². The minimum Gasteiger partial charge on any atom is -0.496 e. The summed E-state index contributed by atoms with van der Waals surface area (Å²) in [5, 5.41) is 3.50. The van der Waals surface area contributed by atoms with Gasteiger partial charge in [-0.05, 0) is 105 Å². The molecule has 0 spiro atoms. The van der Waals surface area contributed by atoms with E-state index in [1.165, 1.54) is 55.2 Å². The van der Waals surface area contributed by atoms with Crippen LogP contribution in [0.15, 0.2) is 51.7 Å². The number of carbonyl (C=O) groups is 3. The number of nitrogens with one attached hydrogen (secondary N) is 1. The molecule has 2 saturated carbocycles. The van der Waals surface area contributed by atoms with Crippen LogP contribution < -0.4 is 15.0 Å². The van der Waals surface area contributed by atoms with Crippen LogP contribution in [-0.2, 0) is 4.79 Å². The quantitative estimate of drug-likeness (QED) is 0.233. The molecule has 4 aliphatic rings. The van der Waals surface area contributed by atoms with Crippen molar-refractivity contribution >= 4 is 51.6 Å². The highest BCUT2D eigenvalue weighted by Crippen LogP contribution is 2.47. The number of hydrogen-bond donors (Lipinski definition) is 1. The number of methoxy groups -OCH3 is 1. The highest BCUT2D eigenvalue weighted by molar-refractivity contribution is 8.01. The summed E-state index contributed by atoms with van der Waals surface area (Å²) in [4.78, 5) is 52.7.